The van der Waals surface area contributed by atoms with Crippen LogP contribution >= 0.6 is 31.8 Å². The number of nitrogens with one attached hydrogen (secondary N) is 1. The minimum absolute atomic E-state index is 0.0701. The molecule has 0 spiro atoms. The third kappa shape index (κ3) is 10.0. The predicted octanol–water partition coefficient (Wildman–Crippen LogP) is 4.53. The molecule has 0 saturated heterocycles. The number of thiol groups is 1. The number of anilines is 1. The molecule has 1 aromatic heterocycles. The Balaban J connectivity index is 2.41. The molecule has 0 radical (unpaired) electrons. The summed E-state index contributed by atoms with van der Waals surface area (Å²) < 4.78 is 10.7. The van der Waals surface area contributed by atoms with E-state index in [0.29, 0.717) is 42.1 Å². The average Bonchev–Trinajstić information content (AvgIpc) is 2.59. The molecule has 0 bridgehead atoms. The van der Waals surface area contributed by atoms with Gasteiger partial charge in [-0.2, -0.15) is 0 Å². The highest BCUT2D eigenvalue weighted by molar-refractivity contribution is 7.96. The van der Waals surface area contributed by atoms with Crippen molar-refractivity contribution in [2.24, 2.45) is 0 Å². The van der Waals surface area contributed by atoms with Crippen molar-refractivity contribution in [3.63, 3.8) is 0 Å². The molecular weight excluding hydrogens is 423 g/mol. The summed E-state index contributed by atoms with van der Waals surface area (Å²) in [6, 6.07) is 1.63. The number of rotatable bonds is 13. The molecule has 28 heavy (non-hydrogen) atoms. The van der Waals surface area contributed by atoms with E-state index < -0.39 is 13.5 Å². The van der Waals surface area contributed by atoms with Gasteiger partial charge in [0.15, 0.2) is 5.12 Å². The zero-order chi connectivity index (χ0) is 21.2. The van der Waals surface area contributed by atoms with Gasteiger partial charge in [-0.1, -0.05) is 44.2 Å². The average molecular weight is 451 g/mol. The third-order valence-corrected chi connectivity index (χ3v) is 5.74. The van der Waals surface area contributed by atoms with Gasteiger partial charge in [0.05, 0.1) is 10.9 Å². The van der Waals surface area contributed by atoms with Gasteiger partial charge in [0.2, 0.25) is 5.91 Å². The smallest absolute Gasteiger partial charge is 0.324 e. The van der Waals surface area contributed by atoms with Crippen molar-refractivity contribution in [2.75, 3.05) is 11.5 Å². The van der Waals surface area contributed by atoms with Crippen LogP contribution in [0.15, 0.2) is 12.3 Å². The van der Waals surface area contributed by atoms with Gasteiger partial charge in [0, 0.05) is 24.3 Å². The molecule has 1 amide bonds. The van der Waals surface area contributed by atoms with Gasteiger partial charge < -0.3 is 15.1 Å². The fourth-order valence-corrected chi connectivity index (χ4v) is 3.98. The van der Waals surface area contributed by atoms with Crippen molar-refractivity contribution < 1.29 is 23.9 Å². The normalized spacial score (nSPS) is 12.6. The Kier molecular flexibility index (Phi) is 11.3. The van der Waals surface area contributed by atoms with E-state index in [1.54, 1.807) is 6.07 Å². The molecule has 0 aromatic carbocycles. The molecule has 1 rings (SSSR count). The van der Waals surface area contributed by atoms with Gasteiger partial charge in [-0.15, -0.1) is 12.6 Å². The summed E-state index contributed by atoms with van der Waals surface area (Å²) in [7, 11) is -3.89. The van der Waals surface area contributed by atoms with Crippen LogP contribution in [0, 0.1) is 0 Å². The Morgan fingerprint density at radius 2 is 1.82 bits per heavy atom. The number of unbranched alkanes of at least 4 members (excludes halogenated alkanes) is 5. The van der Waals surface area contributed by atoms with Crippen molar-refractivity contribution in [2.45, 2.75) is 64.2 Å². The maximum atomic E-state index is 12.2. The van der Waals surface area contributed by atoms with Crippen molar-refractivity contribution in [3.05, 3.63) is 22.8 Å². The molecule has 0 aliphatic rings. The molecule has 0 fully saturated rings. The standard InChI is InChI=1S/C18H28ClN2O5PS/c1-2-14(18(23)28)15-11-13(19)12-20-17(15)21-16(22)9-7-5-3-4-6-8-10-27(24,25)26/h11-12,14H,2-10H2,1H3,(H,23,28)(H,20,21,22)(H2,24,25,26). The van der Waals surface area contributed by atoms with E-state index in [9.17, 15) is 14.2 Å². The predicted molar refractivity (Wildman–Crippen MR) is 114 cm³/mol. The minimum atomic E-state index is -3.89. The molecule has 1 aromatic rings. The molecule has 158 valence electrons. The third-order valence-electron chi connectivity index (χ3n) is 4.33. The first kappa shape index (κ1) is 25.1. The zero-order valence-corrected chi connectivity index (χ0v) is 18.5. The quantitative estimate of drug-likeness (QED) is 0.199. The second-order valence-electron chi connectivity index (χ2n) is 6.70. The maximum absolute atomic E-state index is 12.2. The summed E-state index contributed by atoms with van der Waals surface area (Å²) in [5, 5.41) is 2.84. The molecule has 0 saturated carbocycles. The fraction of sp³-hybridized carbons (Fsp3) is 0.611. The van der Waals surface area contributed by atoms with Crippen LogP contribution in [0.2, 0.25) is 5.02 Å². The molecular formula is C18H28ClN2O5PS. The van der Waals surface area contributed by atoms with Gasteiger partial charge in [-0.05, 0) is 25.3 Å². The van der Waals surface area contributed by atoms with Crippen LogP contribution in [0.3, 0.4) is 0 Å². The number of halogens is 1. The van der Waals surface area contributed by atoms with Crippen LogP contribution in [0.4, 0.5) is 5.82 Å². The largest absolute Gasteiger partial charge is 0.325 e. The summed E-state index contributed by atoms with van der Waals surface area (Å²) in [5.74, 6) is -0.335. The number of carbonyl (C=O) groups excluding carboxylic acids is 2. The first-order valence-corrected chi connectivity index (χ1v) is 12.0. The van der Waals surface area contributed by atoms with E-state index in [0.717, 1.165) is 25.7 Å². The van der Waals surface area contributed by atoms with Gasteiger partial charge in [0.1, 0.15) is 5.82 Å². The minimum Gasteiger partial charge on any atom is -0.324 e. The number of nitrogens with zero attached hydrogens (tertiary/aromatic N) is 1. The second-order valence-corrected chi connectivity index (χ2v) is 9.35. The lowest BCUT2D eigenvalue weighted by atomic mass is 9.98. The highest BCUT2D eigenvalue weighted by Gasteiger charge is 2.21. The first-order valence-electron chi connectivity index (χ1n) is 9.36. The van der Waals surface area contributed by atoms with Gasteiger partial charge in [-0.3, -0.25) is 14.2 Å². The van der Waals surface area contributed by atoms with E-state index in [1.165, 1.54) is 6.20 Å². The van der Waals surface area contributed by atoms with Crippen LogP contribution in [0.25, 0.3) is 0 Å². The summed E-state index contributed by atoms with van der Waals surface area (Å²) in [6.45, 7) is 1.85. The summed E-state index contributed by atoms with van der Waals surface area (Å²) in [6.07, 6.45) is 6.84. The summed E-state index contributed by atoms with van der Waals surface area (Å²) >= 11 is 9.89. The molecule has 0 aliphatic heterocycles. The summed E-state index contributed by atoms with van der Waals surface area (Å²) in [4.78, 5) is 45.7. The molecule has 7 nitrogen and oxygen atoms in total. The highest BCUT2D eigenvalue weighted by Crippen LogP contribution is 2.35. The van der Waals surface area contributed by atoms with E-state index >= 15 is 0 Å². The van der Waals surface area contributed by atoms with Crippen molar-refractivity contribution >= 4 is 48.7 Å². The van der Waals surface area contributed by atoms with E-state index in [1.807, 2.05) is 6.92 Å². The van der Waals surface area contributed by atoms with E-state index in [2.05, 4.69) is 22.9 Å². The Morgan fingerprint density at radius 3 is 2.39 bits per heavy atom. The Labute approximate surface area is 176 Å². The molecule has 3 N–H and O–H groups in total. The summed E-state index contributed by atoms with van der Waals surface area (Å²) in [5.41, 5.74) is 0.563. The monoisotopic (exact) mass is 450 g/mol. The van der Waals surface area contributed by atoms with Crippen LogP contribution in [0.5, 0.6) is 0 Å². The lowest BCUT2D eigenvalue weighted by Gasteiger charge is -2.16. The number of pyridine rings is 1. The zero-order valence-electron chi connectivity index (χ0n) is 15.9. The number of carbonyl (C=O) groups is 2. The van der Waals surface area contributed by atoms with Gasteiger partial charge in [-0.25, -0.2) is 4.98 Å². The molecule has 1 heterocycles. The van der Waals surface area contributed by atoms with Gasteiger partial charge >= 0.3 is 7.60 Å². The Bertz CT molecular complexity index is 713. The maximum Gasteiger partial charge on any atom is 0.325 e. The Hall–Kier alpha value is -0.920. The van der Waals surface area contributed by atoms with E-state index in [-0.39, 0.29) is 17.2 Å². The van der Waals surface area contributed by atoms with Crippen molar-refractivity contribution in [1.82, 2.24) is 4.98 Å². The molecule has 1 unspecified atom stereocenters. The van der Waals surface area contributed by atoms with Crippen LogP contribution in [-0.2, 0) is 14.2 Å². The first-order chi connectivity index (χ1) is 13.1. The second kappa shape index (κ2) is 12.6. The molecule has 0 aliphatic carbocycles. The van der Waals surface area contributed by atoms with Crippen molar-refractivity contribution in [1.29, 1.82) is 0 Å². The Morgan fingerprint density at radius 1 is 1.21 bits per heavy atom. The number of hydrogen-bond donors (Lipinski definition) is 4. The molecule has 1 atom stereocenters. The lowest BCUT2D eigenvalue weighted by Crippen LogP contribution is -2.17. The molecule has 10 heteroatoms. The lowest BCUT2D eigenvalue weighted by molar-refractivity contribution is -0.116. The van der Waals surface area contributed by atoms with Gasteiger partial charge in [0.25, 0.3) is 0 Å². The van der Waals surface area contributed by atoms with E-state index in [4.69, 9.17) is 21.4 Å². The van der Waals surface area contributed by atoms with Crippen molar-refractivity contribution in [3.8, 4) is 0 Å². The SMILES string of the molecule is CCC(C(=O)S)c1cc(Cl)cnc1NC(=O)CCCCCCCCP(=O)(O)O. The van der Waals surface area contributed by atoms with Crippen LogP contribution in [-0.4, -0.2) is 32.0 Å². The highest BCUT2D eigenvalue weighted by atomic mass is 35.5. The topological polar surface area (TPSA) is 117 Å². The fourth-order valence-electron chi connectivity index (χ4n) is 2.86. The van der Waals surface area contributed by atoms with Crippen LogP contribution < -0.4 is 5.32 Å². The van der Waals surface area contributed by atoms with Crippen LogP contribution in [0.1, 0.15) is 69.8 Å². The number of aromatic nitrogens is 1. The number of hydrogen-bond acceptors (Lipinski definition) is 4. The number of amides is 1.